The van der Waals surface area contributed by atoms with Gasteiger partial charge in [0.05, 0.1) is 28.6 Å². The van der Waals surface area contributed by atoms with Crippen LogP contribution in [0, 0.1) is 20.2 Å². The molecule has 0 spiro atoms. The minimum absolute atomic E-state index is 0.0381. The van der Waals surface area contributed by atoms with Gasteiger partial charge >= 0.3 is 17.3 Å². The maximum absolute atomic E-state index is 12.9. The minimum atomic E-state index is -0.808. The minimum Gasteiger partial charge on any atom is -0.507 e. The number of fused-ring (bicyclic) bond motifs is 1. The molecule has 13 nitrogen and oxygen atoms in total. The molecule has 5 rings (SSSR count). The van der Waals surface area contributed by atoms with Crippen molar-refractivity contribution in [3.05, 3.63) is 104 Å². The summed E-state index contributed by atoms with van der Waals surface area (Å²) in [6, 6.07) is 17.7. The van der Waals surface area contributed by atoms with Crippen molar-refractivity contribution in [3.8, 4) is 11.5 Å². The van der Waals surface area contributed by atoms with E-state index < -0.39 is 38.8 Å². The van der Waals surface area contributed by atoms with Crippen LogP contribution in [-0.2, 0) is 4.74 Å². The number of phenolic OH excluding ortho intramolecular Hbond substituents is 1. The first kappa shape index (κ1) is 27.0. The van der Waals surface area contributed by atoms with Crippen molar-refractivity contribution in [2.24, 2.45) is 0 Å². The summed E-state index contributed by atoms with van der Waals surface area (Å²) in [6.45, 7) is 1.12. The molecular formula is C28H22N4O9. The van der Waals surface area contributed by atoms with Gasteiger partial charge in [-0.15, -0.1) is 0 Å². The molecule has 0 saturated carbocycles. The van der Waals surface area contributed by atoms with Gasteiger partial charge in [-0.2, -0.15) is 0 Å². The van der Waals surface area contributed by atoms with Gasteiger partial charge in [0, 0.05) is 30.9 Å². The van der Waals surface area contributed by atoms with E-state index in [2.05, 4.69) is 5.32 Å². The van der Waals surface area contributed by atoms with Crippen LogP contribution in [0.3, 0.4) is 0 Å². The predicted octanol–water partition coefficient (Wildman–Crippen LogP) is 4.80. The average molecular weight is 559 g/mol. The lowest BCUT2D eigenvalue weighted by atomic mass is 10.1. The Morgan fingerprint density at radius 2 is 1.46 bits per heavy atom. The number of morpholine rings is 1. The summed E-state index contributed by atoms with van der Waals surface area (Å²) in [5, 5.41) is 38.2. The van der Waals surface area contributed by atoms with Crippen molar-refractivity contribution in [3.63, 3.8) is 0 Å². The van der Waals surface area contributed by atoms with E-state index in [1.165, 1.54) is 41.3 Å². The maximum Gasteiger partial charge on any atom is 0.347 e. The Kier molecular flexibility index (Phi) is 7.43. The number of aromatic hydroxyl groups is 1. The lowest BCUT2D eigenvalue weighted by Crippen LogP contribution is -2.40. The first-order chi connectivity index (χ1) is 19.7. The molecule has 1 fully saturated rings. The van der Waals surface area contributed by atoms with Crippen LogP contribution in [0.4, 0.5) is 22.7 Å². The molecular weight excluding hydrogens is 536 g/mol. The van der Waals surface area contributed by atoms with Crippen LogP contribution in [-0.4, -0.2) is 58.0 Å². The molecule has 13 heteroatoms. The molecule has 1 aliphatic heterocycles. The molecule has 0 radical (unpaired) electrons. The van der Waals surface area contributed by atoms with Crippen LogP contribution in [0.25, 0.3) is 10.8 Å². The van der Waals surface area contributed by atoms with Crippen molar-refractivity contribution in [1.29, 1.82) is 0 Å². The molecule has 1 saturated heterocycles. The molecule has 1 amide bonds. The average Bonchev–Trinajstić information content (AvgIpc) is 2.97. The number of hydrogen-bond acceptors (Lipinski definition) is 10. The summed E-state index contributed by atoms with van der Waals surface area (Å²) in [4.78, 5) is 49.1. The second kappa shape index (κ2) is 11.3. The number of hydrogen-bond donors (Lipinski definition) is 2. The molecule has 4 aromatic rings. The summed E-state index contributed by atoms with van der Waals surface area (Å²) < 4.78 is 10.6. The fourth-order valence-electron chi connectivity index (χ4n) is 4.40. The Bertz CT molecular complexity index is 1650. The number of nitro groups is 2. The molecule has 0 aromatic heterocycles. The molecule has 0 unspecified atom stereocenters. The van der Waals surface area contributed by atoms with Gasteiger partial charge in [0.25, 0.3) is 5.91 Å². The SMILES string of the molecule is O=C(Oc1ccc(Nc2c([N+](=O)[O-])cc(C(=O)N3CCOCC3)cc2[N+](=O)[O-])cc1)c1cc2ccccc2cc1O. The van der Waals surface area contributed by atoms with Gasteiger partial charge in [-0.25, -0.2) is 4.79 Å². The quantitative estimate of drug-likeness (QED) is 0.139. The fourth-order valence-corrected chi connectivity index (χ4v) is 4.40. The summed E-state index contributed by atoms with van der Waals surface area (Å²) >= 11 is 0. The number of ether oxygens (including phenoxy) is 2. The number of nitrogens with one attached hydrogen (secondary N) is 1. The van der Waals surface area contributed by atoms with Crippen molar-refractivity contribution in [2.75, 3.05) is 31.6 Å². The highest BCUT2D eigenvalue weighted by molar-refractivity contribution is 6.00. The summed E-state index contributed by atoms with van der Waals surface area (Å²) in [6.07, 6.45) is 0. The first-order valence-electron chi connectivity index (χ1n) is 12.4. The Morgan fingerprint density at radius 3 is 2.05 bits per heavy atom. The van der Waals surface area contributed by atoms with Gasteiger partial charge in [-0.3, -0.25) is 25.0 Å². The van der Waals surface area contributed by atoms with Gasteiger partial charge in [-0.1, -0.05) is 24.3 Å². The van der Waals surface area contributed by atoms with E-state index in [0.717, 1.165) is 22.9 Å². The zero-order valence-electron chi connectivity index (χ0n) is 21.3. The van der Waals surface area contributed by atoms with Crippen molar-refractivity contribution >= 4 is 45.4 Å². The van der Waals surface area contributed by atoms with E-state index in [-0.39, 0.29) is 41.4 Å². The van der Waals surface area contributed by atoms with Crippen LogP contribution in [0.15, 0.2) is 72.8 Å². The van der Waals surface area contributed by atoms with Crippen LogP contribution < -0.4 is 10.1 Å². The number of benzene rings is 4. The first-order valence-corrected chi connectivity index (χ1v) is 12.4. The standard InChI is InChI=1S/C28H22N4O9/c33-25-16-18-4-2-1-3-17(18)13-22(25)28(35)41-21-7-5-20(6-8-21)29-26-23(31(36)37)14-19(15-24(26)32(38)39)27(34)30-9-11-40-12-10-30/h1-8,13-16,29,33H,9-12H2. The number of nitrogens with zero attached hydrogens (tertiary/aromatic N) is 3. The van der Waals surface area contributed by atoms with Gasteiger partial charge in [0.15, 0.2) is 5.69 Å². The molecule has 0 atom stereocenters. The van der Waals surface area contributed by atoms with Gasteiger partial charge < -0.3 is 24.8 Å². The number of carbonyl (C=O) groups is 2. The number of carbonyl (C=O) groups excluding carboxylic acids is 2. The fraction of sp³-hybridized carbons (Fsp3) is 0.143. The normalized spacial score (nSPS) is 13.0. The number of rotatable bonds is 7. The molecule has 1 aliphatic rings. The zero-order valence-corrected chi connectivity index (χ0v) is 21.3. The lowest BCUT2D eigenvalue weighted by Gasteiger charge is -2.26. The smallest absolute Gasteiger partial charge is 0.347 e. The van der Waals surface area contributed by atoms with E-state index in [1.807, 2.05) is 0 Å². The number of amides is 1. The monoisotopic (exact) mass is 558 g/mol. The summed E-state index contributed by atoms with van der Waals surface area (Å²) in [5.74, 6) is -1.53. The van der Waals surface area contributed by atoms with E-state index >= 15 is 0 Å². The van der Waals surface area contributed by atoms with E-state index in [9.17, 15) is 34.9 Å². The molecule has 0 aliphatic carbocycles. The van der Waals surface area contributed by atoms with Crippen LogP contribution in [0.5, 0.6) is 11.5 Å². The van der Waals surface area contributed by atoms with Crippen LogP contribution in [0.2, 0.25) is 0 Å². The molecule has 0 bridgehead atoms. The topological polar surface area (TPSA) is 174 Å². The molecule has 4 aromatic carbocycles. The van der Waals surface area contributed by atoms with Crippen molar-refractivity contribution < 1.29 is 34.0 Å². The van der Waals surface area contributed by atoms with Crippen molar-refractivity contribution in [2.45, 2.75) is 0 Å². The van der Waals surface area contributed by atoms with Gasteiger partial charge in [-0.05, 0) is 47.2 Å². The molecule has 2 N–H and O–H groups in total. The highest BCUT2D eigenvalue weighted by Gasteiger charge is 2.30. The predicted molar refractivity (Wildman–Crippen MR) is 147 cm³/mol. The maximum atomic E-state index is 12.9. The van der Waals surface area contributed by atoms with E-state index in [1.54, 1.807) is 24.3 Å². The van der Waals surface area contributed by atoms with Gasteiger partial charge in [0.2, 0.25) is 0 Å². The second-order valence-electron chi connectivity index (χ2n) is 9.06. The number of anilines is 2. The lowest BCUT2D eigenvalue weighted by molar-refractivity contribution is -0.392. The summed E-state index contributed by atoms with van der Waals surface area (Å²) in [5.41, 5.74) is -1.73. The third-order valence-corrected chi connectivity index (χ3v) is 6.45. The zero-order chi connectivity index (χ0) is 29.1. The third-order valence-electron chi connectivity index (χ3n) is 6.45. The number of phenols is 1. The largest absolute Gasteiger partial charge is 0.507 e. The highest BCUT2D eigenvalue weighted by Crippen LogP contribution is 2.38. The highest BCUT2D eigenvalue weighted by atomic mass is 16.6. The Labute approximate surface area is 231 Å². The molecule has 208 valence electrons. The Balaban J connectivity index is 1.38. The molecule has 1 heterocycles. The molecule has 41 heavy (non-hydrogen) atoms. The number of esters is 1. The Hall–Kier alpha value is -5.56. The second-order valence-corrected chi connectivity index (χ2v) is 9.06. The third kappa shape index (κ3) is 5.74. The van der Waals surface area contributed by atoms with Crippen LogP contribution in [0.1, 0.15) is 20.7 Å². The summed E-state index contributed by atoms with van der Waals surface area (Å²) in [7, 11) is 0. The Morgan fingerprint density at radius 1 is 0.878 bits per heavy atom. The number of nitro benzene ring substituents is 2. The van der Waals surface area contributed by atoms with E-state index in [4.69, 9.17) is 9.47 Å². The van der Waals surface area contributed by atoms with Gasteiger partial charge in [0.1, 0.15) is 17.1 Å². The van der Waals surface area contributed by atoms with Crippen LogP contribution >= 0.6 is 0 Å². The van der Waals surface area contributed by atoms with Crippen molar-refractivity contribution in [1.82, 2.24) is 4.90 Å². The van der Waals surface area contributed by atoms with E-state index in [0.29, 0.717) is 13.2 Å².